The molecule has 0 spiro atoms. The number of nitro benzene ring substituents is 1. The first-order valence-electron chi connectivity index (χ1n) is 10.2. The van der Waals surface area contributed by atoms with E-state index in [0.29, 0.717) is 23.0 Å². The molecule has 0 bridgehead atoms. The predicted octanol–water partition coefficient (Wildman–Crippen LogP) is 3.16. The molecule has 1 aromatic carbocycles. The number of piperidine rings is 1. The second kappa shape index (κ2) is 7.95. The fourth-order valence-corrected chi connectivity index (χ4v) is 4.64. The van der Waals surface area contributed by atoms with Crippen LogP contribution < -0.4 is 14.8 Å². The highest BCUT2D eigenvalue weighted by Crippen LogP contribution is 2.42. The van der Waals surface area contributed by atoms with Crippen molar-refractivity contribution in [2.24, 2.45) is 5.92 Å². The Morgan fingerprint density at radius 2 is 1.93 bits per heavy atom. The van der Waals surface area contributed by atoms with Crippen LogP contribution in [-0.2, 0) is 4.79 Å². The SMILES string of the molecule is C[C@H]1CCCN([C@@H](C(=O)NC2CCCC2)c2cc3c(cc2[N+](=O)[O-])OCO3)C1. The molecule has 2 aliphatic heterocycles. The number of hydrogen-bond donors (Lipinski definition) is 1. The zero-order valence-corrected chi connectivity index (χ0v) is 16.2. The number of hydrogen-bond acceptors (Lipinski definition) is 6. The van der Waals surface area contributed by atoms with Crippen LogP contribution in [0.4, 0.5) is 5.69 Å². The van der Waals surface area contributed by atoms with Crippen LogP contribution >= 0.6 is 0 Å². The Balaban J connectivity index is 1.72. The van der Waals surface area contributed by atoms with Gasteiger partial charge in [-0.1, -0.05) is 19.8 Å². The summed E-state index contributed by atoms with van der Waals surface area (Å²) in [5, 5.41) is 14.9. The molecule has 152 valence electrons. The van der Waals surface area contributed by atoms with Gasteiger partial charge in [-0.15, -0.1) is 0 Å². The molecule has 2 fully saturated rings. The van der Waals surface area contributed by atoms with Crippen molar-refractivity contribution in [1.29, 1.82) is 0 Å². The van der Waals surface area contributed by atoms with Gasteiger partial charge in [0.05, 0.1) is 16.6 Å². The Bertz CT molecular complexity index is 762. The number of likely N-dealkylation sites (tertiary alicyclic amines) is 1. The lowest BCUT2D eigenvalue weighted by Gasteiger charge is -2.37. The number of ether oxygens (including phenoxy) is 2. The van der Waals surface area contributed by atoms with Crippen LogP contribution in [0.15, 0.2) is 12.1 Å². The van der Waals surface area contributed by atoms with Gasteiger partial charge < -0.3 is 14.8 Å². The second-order valence-corrected chi connectivity index (χ2v) is 8.16. The normalized spacial score (nSPS) is 23.5. The van der Waals surface area contributed by atoms with Gasteiger partial charge in [-0.25, -0.2) is 0 Å². The quantitative estimate of drug-likeness (QED) is 0.614. The van der Waals surface area contributed by atoms with E-state index in [1.54, 1.807) is 6.07 Å². The highest BCUT2D eigenvalue weighted by molar-refractivity contribution is 5.85. The van der Waals surface area contributed by atoms with E-state index in [1.807, 2.05) is 0 Å². The Kier molecular flexibility index (Phi) is 5.39. The van der Waals surface area contributed by atoms with Gasteiger partial charge in [-0.2, -0.15) is 0 Å². The molecular weight excluding hydrogens is 362 g/mol. The molecule has 1 amide bonds. The van der Waals surface area contributed by atoms with E-state index in [2.05, 4.69) is 17.1 Å². The lowest BCUT2D eigenvalue weighted by Crippen LogP contribution is -2.47. The standard InChI is InChI=1S/C20H27N3O5/c1-13-5-4-8-22(11-13)19(20(24)21-14-6-2-3-7-14)15-9-17-18(28-12-27-17)10-16(15)23(25)26/h9-10,13-14,19H,2-8,11-12H2,1H3,(H,21,24)/t13-,19+/m0/s1. The molecule has 2 heterocycles. The molecular formula is C20H27N3O5. The highest BCUT2D eigenvalue weighted by Gasteiger charge is 2.38. The Labute approximate surface area is 164 Å². The molecule has 4 rings (SSSR count). The van der Waals surface area contributed by atoms with Crippen molar-refractivity contribution in [2.75, 3.05) is 19.9 Å². The molecule has 3 aliphatic rings. The smallest absolute Gasteiger partial charge is 0.278 e. The number of benzene rings is 1. The molecule has 2 atom stereocenters. The fraction of sp³-hybridized carbons (Fsp3) is 0.650. The van der Waals surface area contributed by atoms with Crippen molar-refractivity contribution in [3.05, 3.63) is 27.8 Å². The van der Waals surface area contributed by atoms with E-state index in [9.17, 15) is 14.9 Å². The Morgan fingerprint density at radius 1 is 1.21 bits per heavy atom. The van der Waals surface area contributed by atoms with Gasteiger partial charge in [0.1, 0.15) is 6.04 Å². The van der Waals surface area contributed by atoms with Crippen LogP contribution in [0.5, 0.6) is 11.5 Å². The van der Waals surface area contributed by atoms with Crippen molar-refractivity contribution < 1.29 is 19.2 Å². The molecule has 1 aliphatic carbocycles. The highest BCUT2D eigenvalue weighted by atomic mass is 16.7. The summed E-state index contributed by atoms with van der Waals surface area (Å²) >= 11 is 0. The molecule has 8 heteroatoms. The van der Waals surface area contributed by atoms with Crippen LogP contribution in [-0.4, -0.2) is 41.7 Å². The third-order valence-electron chi connectivity index (χ3n) is 6.02. The van der Waals surface area contributed by atoms with Crippen LogP contribution in [0, 0.1) is 16.0 Å². The van der Waals surface area contributed by atoms with Crippen LogP contribution in [0.3, 0.4) is 0 Å². The minimum atomic E-state index is -0.696. The number of nitrogens with zero attached hydrogens (tertiary/aromatic N) is 2. The van der Waals surface area contributed by atoms with E-state index < -0.39 is 11.0 Å². The molecule has 1 saturated carbocycles. The zero-order chi connectivity index (χ0) is 19.7. The molecule has 0 unspecified atom stereocenters. The maximum absolute atomic E-state index is 13.3. The molecule has 1 aromatic rings. The monoisotopic (exact) mass is 389 g/mol. The van der Waals surface area contributed by atoms with Crippen molar-refractivity contribution in [3.63, 3.8) is 0 Å². The van der Waals surface area contributed by atoms with Gasteiger partial charge in [-0.05, 0) is 44.2 Å². The minimum absolute atomic E-state index is 0.0373. The molecule has 28 heavy (non-hydrogen) atoms. The number of nitrogens with one attached hydrogen (secondary N) is 1. The summed E-state index contributed by atoms with van der Waals surface area (Å²) in [6, 6.07) is 2.48. The predicted molar refractivity (Wildman–Crippen MR) is 102 cm³/mol. The molecule has 1 saturated heterocycles. The van der Waals surface area contributed by atoms with Crippen LogP contribution in [0.25, 0.3) is 0 Å². The summed E-state index contributed by atoms with van der Waals surface area (Å²) in [4.78, 5) is 26.8. The molecule has 0 aromatic heterocycles. The first-order valence-corrected chi connectivity index (χ1v) is 10.2. The molecule has 1 N–H and O–H groups in total. The zero-order valence-electron chi connectivity index (χ0n) is 16.2. The first kappa shape index (κ1) is 19.0. The second-order valence-electron chi connectivity index (χ2n) is 8.16. The lowest BCUT2D eigenvalue weighted by atomic mass is 9.94. The first-order chi connectivity index (χ1) is 13.5. The molecule has 8 nitrogen and oxygen atoms in total. The summed E-state index contributed by atoms with van der Waals surface area (Å²) in [6.07, 6.45) is 6.25. The van der Waals surface area contributed by atoms with Crippen molar-refractivity contribution in [1.82, 2.24) is 10.2 Å². The van der Waals surface area contributed by atoms with E-state index in [-0.39, 0.29) is 24.4 Å². The maximum Gasteiger partial charge on any atom is 0.278 e. The summed E-state index contributed by atoms with van der Waals surface area (Å²) < 4.78 is 10.8. The Morgan fingerprint density at radius 3 is 2.61 bits per heavy atom. The van der Waals surface area contributed by atoms with Gasteiger partial charge in [0.15, 0.2) is 11.5 Å². The number of amides is 1. The fourth-order valence-electron chi connectivity index (χ4n) is 4.64. The summed E-state index contributed by atoms with van der Waals surface area (Å²) in [6.45, 7) is 3.69. The topological polar surface area (TPSA) is 93.9 Å². The summed E-state index contributed by atoms with van der Waals surface area (Å²) in [7, 11) is 0. The summed E-state index contributed by atoms with van der Waals surface area (Å²) in [5.41, 5.74) is 0.299. The van der Waals surface area contributed by atoms with E-state index >= 15 is 0 Å². The average Bonchev–Trinajstić information content (AvgIpc) is 3.32. The Hall–Kier alpha value is -2.35. The number of nitro groups is 1. The minimum Gasteiger partial charge on any atom is -0.454 e. The average molecular weight is 389 g/mol. The number of fused-ring (bicyclic) bond motifs is 1. The van der Waals surface area contributed by atoms with Crippen LogP contribution in [0.2, 0.25) is 0 Å². The van der Waals surface area contributed by atoms with E-state index in [1.165, 1.54) is 6.07 Å². The van der Waals surface area contributed by atoms with Gasteiger partial charge in [0.2, 0.25) is 12.7 Å². The third-order valence-corrected chi connectivity index (χ3v) is 6.02. The van der Waals surface area contributed by atoms with E-state index in [4.69, 9.17) is 9.47 Å². The van der Waals surface area contributed by atoms with Gasteiger partial charge in [0.25, 0.3) is 5.69 Å². The maximum atomic E-state index is 13.3. The number of carbonyl (C=O) groups is 1. The number of carbonyl (C=O) groups excluding carboxylic acids is 1. The largest absolute Gasteiger partial charge is 0.454 e. The van der Waals surface area contributed by atoms with Crippen molar-refractivity contribution in [3.8, 4) is 11.5 Å². The van der Waals surface area contributed by atoms with Crippen LogP contribution in [0.1, 0.15) is 57.1 Å². The molecule has 0 radical (unpaired) electrons. The third kappa shape index (κ3) is 3.78. The van der Waals surface area contributed by atoms with Gasteiger partial charge in [-0.3, -0.25) is 19.8 Å². The van der Waals surface area contributed by atoms with Crippen molar-refractivity contribution in [2.45, 2.75) is 57.5 Å². The van der Waals surface area contributed by atoms with Gasteiger partial charge >= 0.3 is 0 Å². The lowest BCUT2D eigenvalue weighted by molar-refractivity contribution is -0.386. The summed E-state index contributed by atoms with van der Waals surface area (Å²) in [5.74, 6) is 1.12. The van der Waals surface area contributed by atoms with Gasteiger partial charge in [0, 0.05) is 12.6 Å². The van der Waals surface area contributed by atoms with Crippen molar-refractivity contribution >= 4 is 11.6 Å². The number of rotatable bonds is 5. The van der Waals surface area contributed by atoms with E-state index in [0.717, 1.165) is 51.6 Å².